The molecule has 19 heavy (non-hydrogen) atoms. The zero-order valence-electron chi connectivity index (χ0n) is 10.8. The van der Waals surface area contributed by atoms with Crippen LogP contribution in [0.5, 0.6) is 5.75 Å². The van der Waals surface area contributed by atoms with Gasteiger partial charge in [0, 0.05) is 0 Å². The number of hydrogen-bond acceptors (Lipinski definition) is 3. The van der Waals surface area contributed by atoms with Gasteiger partial charge in [0.1, 0.15) is 11.7 Å². The summed E-state index contributed by atoms with van der Waals surface area (Å²) in [5.41, 5.74) is 4.12. The van der Waals surface area contributed by atoms with Gasteiger partial charge >= 0.3 is 5.97 Å². The van der Waals surface area contributed by atoms with Crippen LogP contribution in [0.1, 0.15) is 17.0 Å². The van der Waals surface area contributed by atoms with E-state index < -0.39 is 0 Å². The number of esters is 1. The topological polar surface area (TPSA) is 35.5 Å². The van der Waals surface area contributed by atoms with Crippen LogP contribution in [0.2, 0.25) is 0 Å². The molecular weight excluding hydrogens is 240 g/mol. The average molecular weight is 254 g/mol. The number of rotatable bonds is 2. The predicted octanol–water partition coefficient (Wildman–Crippen LogP) is 2.98. The summed E-state index contributed by atoms with van der Waals surface area (Å²) in [7, 11) is 3.04. The molecule has 2 aromatic carbocycles. The van der Waals surface area contributed by atoms with Crippen LogP contribution < -0.4 is 4.74 Å². The molecule has 0 saturated carbocycles. The molecule has 2 aromatic rings. The van der Waals surface area contributed by atoms with Crippen molar-refractivity contribution in [3.63, 3.8) is 0 Å². The number of benzene rings is 2. The number of hydrogen-bond donors (Lipinski definition) is 0. The molecule has 0 saturated heterocycles. The third-order valence-electron chi connectivity index (χ3n) is 3.57. The quantitative estimate of drug-likeness (QED) is 0.773. The third kappa shape index (κ3) is 1.70. The van der Waals surface area contributed by atoms with E-state index in [0.717, 1.165) is 28.0 Å². The van der Waals surface area contributed by atoms with Gasteiger partial charge < -0.3 is 9.47 Å². The average Bonchev–Trinajstić information content (AvgIpc) is 2.80. The van der Waals surface area contributed by atoms with Crippen molar-refractivity contribution in [3.05, 3.63) is 53.6 Å². The molecule has 3 heteroatoms. The van der Waals surface area contributed by atoms with Gasteiger partial charge in [0.2, 0.25) is 0 Å². The van der Waals surface area contributed by atoms with Crippen LogP contribution >= 0.6 is 0 Å². The smallest absolute Gasteiger partial charge is 0.317 e. The van der Waals surface area contributed by atoms with E-state index >= 15 is 0 Å². The van der Waals surface area contributed by atoms with Crippen molar-refractivity contribution in [1.82, 2.24) is 0 Å². The van der Waals surface area contributed by atoms with Crippen molar-refractivity contribution in [2.24, 2.45) is 0 Å². The van der Waals surface area contributed by atoms with E-state index in [0.29, 0.717) is 0 Å². The molecule has 96 valence electrons. The number of ether oxygens (including phenoxy) is 2. The minimum absolute atomic E-state index is 0.237. The first kappa shape index (κ1) is 11.8. The first-order valence-electron chi connectivity index (χ1n) is 6.11. The Labute approximate surface area is 111 Å². The van der Waals surface area contributed by atoms with Gasteiger partial charge in [-0.15, -0.1) is 0 Å². The molecule has 0 bridgehead atoms. The molecule has 0 aliphatic heterocycles. The lowest BCUT2D eigenvalue weighted by atomic mass is 9.97. The first-order valence-corrected chi connectivity index (χ1v) is 6.11. The number of carbonyl (C=O) groups is 1. The molecule has 0 aromatic heterocycles. The highest BCUT2D eigenvalue weighted by Gasteiger charge is 2.34. The molecule has 0 amide bonds. The van der Waals surface area contributed by atoms with Crippen LogP contribution in [0, 0.1) is 0 Å². The maximum Gasteiger partial charge on any atom is 0.317 e. The van der Waals surface area contributed by atoms with Crippen LogP contribution in [-0.2, 0) is 9.53 Å². The summed E-state index contributed by atoms with van der Waals surface area (Å²) < 4.78 is 10.2. The zero-order chi connectivity index (χ0) is 13.4. The van der Waals surface area contributed by atoms with E-state index in [1.54, 1.807) is 7.11 Å². The summed E-state index contributed by atoms with van der Waals surface area (Å²) in [4.78, 5) is 12.1. The lowest BCUT2D eigenvalue weighted by Gasteiger charge is -2.11. The van der Waals surface area contributed by atoms with Crippen molar-refractivity contribution >= 4 is 5.97 Å². The Balaban J connectivity index is 2.24. The van der Waals surface area contributed by atoms with Gasteiger partial charge in [0.15, 0.2) is 0 Å². The second kappa shape index (κ2) is 4.43. The van der Waals surface area contributed by atoms with Crippen LogP contribution in [-0.4, -0.2) is 20.2 Å². The van der Waals surface area contributed by atoms with E-state index in [4.69, 9.17) is 9.47 Å². The summed E-state index contributed by atoms with van der Waals surface area (Å²) >= 11 is 0. The van der Waals surface area contributed by atoms with E-state index in [1.807, 2.05) is 42.5 Å². The van der Waals surface area contributed by atoms with Gasteiger partial charge in [-0.2, -0.15) is 0 Å². The number of fused-ring (bicyclic) bond motifs is 3. The summed E-state index contributed by atoms with van der Waals surface area (Å²) in [5.74, 6) is 0.159. The van der Waals surface area contributed by atoms with Gasteiger partial charge in [0.05, 0.1) is 14.2 Å². The second-order valence-electron chi connectivity index (χ2n) is 4.50. The molecule has 1 aliphatic rings. The van der Waals surface area contributed by atoms with Gasteiger partial charge in [-0.3, -0.25) is 4.79 Å². The molecule has 0 spiro atoms. The molecule has 0 N–H and O–H groups in total. The fourth-order valence-corrected chi connectivity index (χ4v) is 2.69. The predicted molar refractivity (Wildman–Crippen MR) is 72.3 cm³/mol. The Kier molecular flexibility index (Phi) is 2.75. The summed E-state index contributed by atoms with van der Waals surface area (Å²) in [6, 6.07) is 13.7. The zero-order valence-corrected chi connectivity index (χ0v) is 10.8. The van der Waals surface area contributed by atoms with Crippen molar-refractivity contribution in [2.75, 3.05) is 14.2 Å². The van der Waals surface area contributed by atoms with Crippen molar-refractivity contribution in [1.29, 1.82) is 0 Å². The Hall–Kier alpha value is -2.29. The van der Waals surface area contributed by atoms with E-state index in [2.05, 4.69) is 0 Å². The highest BCUT2D eigenvalue weighted by Crippen LogP contribution is 2.46. The maximum absolute atomic E-state index is 12.1. The van der Waals surface area contributed by atoms with Crippen molar-refractivity contribution < 1.29 is 14.3 Å². The molecule has 1 unspecified atom stereocenters. The molecular formula is C16H14O3. The summed E-state index contributed by atoms with van der Waals surface area (Å²) in [6.45, 7) is 0. The Bertz CT molecular complexity index is 646. The van der Waals surface area contributed by atoms with Gasteiger partial charge in [-0.1, -0.05) is 30.3 Å². The Morgan fingerprint density at radius 3 is 2.47 bits per heavy atom. The normalized spacial score (nSPS) is 15.6. The summed E-state index contributed by atoms with van der Waals surface area (Å²) in [6.07, 6.45) is 0. The van der Waals surface area contributed by atoms with Crippen LogP contribution in [0.25, 0.3) is 11.1 Å². The van der Waals surface area contributed by atoms with Gasteiger partial charge in [-0.25, -0.2) is 0 Å². The molecule has 3 rings (SSSR count). The van der Waals surface area contributed by atoms with Crippen LogP contribution in [0.3, 0.4) is 0 Å². The molecule has 0 heterocycles. The van der Waals surface area contributed by atoms with Crippen LogP contribution in [0.4, 0.5) is 0 Å². The minimum atomic E-state index is -0.355. The lowest BCUT2D eigenvalue weighted by Crippen LogP contribution is -2.13. The highest BCUT2D eigenvalue weighted by atomic mass is 16.5. The minimum Gasteiger partial charge on any atom is -0.497 e. The number of carbonyl (C=O) groups excluding carboxylic acids is 1. The van der Waals surface area contributed by atoms with E-state index in [9.17, 15) is 4.79 Å². The SMILES string of the molecule is COC(=O)C1c2ccccc2-c2ccc(OC)cc21. The van der Waals surface area contributed by atoms with Gasteiger partial charge in [0.25, 0.3) is 0 Å². The first-order chi connectivity index (χ1) is 9.26. The van der Waals surface area contributed by atoms with Gasteiger partial charge in [-0.05, 0) is 34.4 Å². The van der Waals surface area contributed by atoms with E-state index in [-0.39, 0.29) is 11.9 Å². The maximum atomic E-state index is 12.1. The molecule has 0 fully saturated rings. The van der Waals surface area contributed by atoms with Crippen molar-refractivity contribution in [2.45, 2.75) is 5.92 Å². The molecule has 0 radical (unpaired) electrons. The largest absolute Gasteiger partial charge is 0.497 e. The lowest BCUT2D eigenvalue weighted by molar-refractivity contribution is -0.141. The standard InChI is InChI=1S/C16H14O3/c1-18-10-7-8-12-11-5-3-4-6-13(11)15(14(12)9-10)16(17)19-2/h3-9,15H,1-2H3. The fourth-order valence-electron chi connectivity index (χ4n) is 2.69. The summed E-state index contributed by atoms with van der Waals surface area (Å²) in [5, 5.41) is 0. The highest BCUT2D eigenvalue weighted by molar-refractivity contribution is 5.93. The third-order valence-corrected chi connectivity index (χ3v) is 3.57. The fraction of sp³-hybridized carbons (Fsp3) is 0.188. The molecule has 1 aliphatic carbocycles. The number of methoxy groups -OCH3 is 2. The molecule has 1 atom stereocenters. The Morgan fingerprint density at radius 2 is 1.74 bits per heavy atom. The Morgan fingerprint density at radius 1 is 1.00 bits per heavy atom. The molecule has 3 nitrogen and oxygen atoms in total. The monoisotopic (exact) mass is 254 g/mol. The van der Waals surface area contributed by atoms with E-state index in [1.165, 1.54) is 7.11 Å². The van der Waals surface area contributed by atoms with Crippen LogP contribution in [0.15, 0.2) is 42.5 Å². The van der Waals surface area contributed by atoms with Crippen molar-refractivity contribution in [3.8, 4) is 16.9 Å². The second-order valence-corrected chi connectivity index (χ2v) is 4.50.